The van der Waals surface area contributed by atoms with Gasteiger partial charge in [-0.1, -0.05) is 12.1 Å². The topological polar surface area (TPSA) is 125 Å². The van der Waals surface area contributed by atoms with Crippen LogP contribution in [0, 0.1) is 17.1 Å². The highest BCUT2D eigenvalue weighted by atomic mass is 19.1. The van der Waals surface area contributed by atoms with Crippen molar-refractivity contribution >= 4 is 28.7 Å². The molecule has 0 aliphatic carbocycles. The van der Waals surface area contributed by atoms with Gasteiger partial charge in [0.25, 0.3) is 5.91 Å². The molecule has 4 aromatic rings. The van der Waals surface area contributed by atoms with Gasteiger partial charge in [-0.3, -0.25) is 9.48 Å². The third-order valence-corrected chi connectivity index (χ3v) is 7.85. The van der Waals surface area contributed by atoms with E-state index in [4.69, 9.17) is 9.72 Å². The third kappa shape index (κ3) is 5.36. The fraction of sp³-hybridized carbons (Fsp3) is 0.344. The average Bonchev–Trinajstić information content (AvgIpc) is 3.53. The van der Waals surface area contributed by atoms with Gasteiger partial charge in [0, 0.05) is 49.2 Å². The number of nitrogens with zero attached hydrogens (tertiary/aromatic N) is 5. The zero-order chi connectivity index (χ0) is 30.5. The predicted molar refractivity (Wildman–Crippen MR) is 160 cm³/mol. The fourth-order valence-corrected chi connectivity index (χ4v) is 5.82. The van der Waals surface area contributed by atoms with Gasteiger partial charge >= 0.3 is 6.09 Å². The molecule has 220 valence electrons. The molecule has 1 saturated heterocycles. The summed E-state index contributed by atoms with van der Waals surface area (Å²) in [6.07, 6.45) is 2.60. The number of carbonyl (C=O) groups is 2. The van der Waals surface area contributed by atoms with E-state index < -0.39 is 17.5 Å². The molecule has 43 heavy (non-hydrogen) atoms. The Morgan fingerprint density at radius 1 is 1.14 bits per heavy atom. The SMILES string of the molecule is Cn1ncc2cc(-c3c(-c4ccc(C#N)c(F)c4)nc(N4CCC(NC(=O)OC(C)(C)C)CC4)c4c3CNC4=O)ccc21. The number of nitrogens with one attached hydrogen (secondary N) is 2. The van der Waals surface area contributed by atoms with Crippen LogP contribution in [0.4, 0.5) is 15.0 Å². The number of hydrogen-bond donors (Lipinski definition) is 2. The van der Waals surface area contributed by atoms with Crippen LogP contribution in [-0.2, 0) is 18.3 Å². The first-order valence-electron chi connectivity index (χ1n) is 14.2. The van der Waals surface area contributed by atoms with Crippen molar-refractivity contribution in [3.8, 4) is 28.5 Å². The summed E-state index contributed by atoms with van der Waals surface area (Å²) in [5.74, 6) is -0.333. The van der Waals surface area contributed by atoms with Crippen molar-refractivity contribution in [3.05, 3.63) is 65.1 Å². The van der Waals surface area contributed by atoms with Crippen LogP contribution < -0.4 is 15.5 Å². The molecule has 1 fully saturated rings. The van der Waals surface area contributed by atoms with Gasteiger partial charge in [-0.2, -0.15) is 10.4 Å². The second kappa shape index (κ2) is 10.7. The molecule has 2 aliphatic rings. The van der Waals surface area contributed by atoms with E-state index in [9.17, 15) is 19.2 Å². The Hall–Kier alpha value is -4.98. The van der Waals surface area contributed by atoms with Crippen LogP contribution in [0.1, 0.15) is 55.1 Å². The molecular formula is C32H32FN7O3. The molecule has 2 aromatic carbocycles. The molecule has 4 heterocycles. The van der Waals surface area contributed by atoms with Crippen LogP contribution in [0.5, 0.6) is 0 Å². The number of alkyl carbamates (subject to hydrolysis) is 1. The highest BCUT2D eigenvalue weighted by Crippen LogP contribution is 2.42. The van der Waals surface area contributed by atoms with E-state index in [2.05, 4.69) is 20.6 Å². The molecule has 0 bridgehead atoms. The molecule has 0 radical (unpaired) electrons. The van der Waals surface area contributed by atoms with Crippen molar-refractivity contribution in [2.24, 2.45) is 7.05 Å². The third-order valence-electron chi connectivity index (χ3n) is 7.85. The number of piperidine rings is 1. The molecule has 0 saturated carbocycles. The van der Waals surface area contributed by atoms with E-state index in [-0.39, 0.29) is 17.5 Å². The summed E-state index contributed by atoms with van der Waals surface area (Å²) in [5, 5.41) is 20.5. The summed E-state index contributed by atoms with van der Waals surface area (Å²) in [4.78, 5) is 32.7. The van der Waals surface area contributed by atoms with Crippen LogP contribution >= 0.6 is 0 Å². The number of anilines is 1. The first kappa shape index (κ1) is 28.2. The number of amides is 2. The van der Waals surface area contributed by atoms with Gasteiger partial charge in [0.1, 0.15) is 23.3 Å². The number of fused-ring (bicyclic) bond motifs is 2. The second-order valence-corrected chi connectivity index (χ2v) is 12.0. The number of rotatable bonds is 4. The zero-order valence-corrected chi connectivity index (χ0v) is 24.5. The van der Waals surface area contributed by atoms with Crippen molar-refractivity contribution in [1.29, 1.82) is 5.26 Å². The van der Waals surface area contributed by atoms with E-state index in [1.165, 1.54) is 12.1 Å². The Balaban J connectivity index is 1.43. The van der Waals surface area contributed by atoms with E-state index in [0.29, 0.717) is 55.1 Å². The Labute approximate surface area is 248 Å². The van der Waals surface area contributed by atoms with Gasteiger partial charge in [0.15, 0.2) is 0 Å². The van der Waals surface area contributed by atoms with Crippen molar-refractivity contribution in [2.75, 3.05) is 18.0 Å². The lowest BCUT2D eigenvalue weighted by Crippen LogP contribution is -2.46. The summed E-state index contributed by atoms with van der Waals surface area (Å²) in [5.41, 5.74) is 4.17. The molecule has 10 nitrogen and oxygen atoms in total. The minimum absolute atomic E-state index is 0.0557. The van der Waals surface area contributed by atoms with Gasteiger partial charge in [0.2, 0.25) is 0 Å². The van der Waals surface area contributed by atoms with E-state index in [1.54, 1.807) is 16.9 Å². The van der Waals surface area contributed by atoms with Gasteiger partial charge in [-0.05, 0) is 69.0 Å². The maximum atomic E-state index is 14.9. The molecule has 2 aliphatic heterocycles. The van der Waals surface area contributed by atoms with Crippen LogP contribution in [-0.4, -0.2) is 51.5 Å². The minimum atomic E-state index is -0.638. The van der Waals surface area contributed by atoms with Gasteiger partial charge < -0.3 is 20.3 Å². The van der Waals surface area contributed by atoms with E-state index in [0.717, 1.165) is 27.6 Å². The van der Waals surface area contributed by atoms with Gasteiger partial charge in [0.05, 0.1) is 28.5 Å². The largest absolute Gasteiger partial charge is 0.444 e. The minimum Gasteiger partial charge on any atom is -0.444 e. The number of aromatic nitrogens is 3. The number of carbonyl (C=O) groups excluding carboxylic acids is 2. The number of halogens is 1. The maximum absolute atomic E-state index is 14.9. The van der Waals surface area contributed by atoms with Crippen LogP contribution in [0.2, 0.25) is 0 Å². The first-order chi connectivity index (χ1) is 20.5. The van der Waals surface area contributed by atoms with Gasteiger partial charge in [-0.25, -0.2) is 14.2 Å². The Kier molecular flexibility index (Phi) is 7.00. The first-order valence-corrected chi connectivity index (χ1v) is 14.2. The molecule has 0 atom stereocenters. The molecule has 2 amide bonds. The average molecular weight is 582 g/mol. The number of benzene rings is 2. The molecule has 0 spiro atoms. The quantitative estimate of drug-likeness (QED) is 0.346. The summed E-state index contributed by atoms with van der Waals surface area (Å²) >= 11 is 0. The van der Waals surface area contributed by atoms with Crippen LogP contribution in [0.15, 0.2) is 42.6 Å². The monoisotopic (exact) mass is 581 g/mol. The van der Waals surface area contributed by atoms with E-state index >= 15 is 0 Å². The predicted octanol–water partition coefficient (Wildman–Crippen LogP) is 5.05. The number of hydrogen-bond acceptors (Lipinski definition) is 7. The highest BCUT2D eigenvalue weighted by molar-refractivity contribution is 6.07. The van der Waals surface area contributed by atoms with Crippen LogP contribution in [0.3, 0.4) is 0 Å². The number of ether oxygens (including phenoxy) is 1. The zero-order valence-electron chi connectivity index (χ0n) is 24.5. The molecular weight excluding hydrogens is 549 g/mol. The molecule has 2 aromatic heterocycles. The highest BCUT2D eigenvalue weighted by Gasteiger charge is 2.34. The Morgan fingerprint density at radius 3 is 2.58 bits per heavy atom. The lowest BCUT2D eigenvalue weighted by atomic mass is 9.91. The Morgan fingerprint density at radius 2 is 1.88 bits per heavy atom. The summed E-state index contributed by atoms with van der Waals surface area (Å²) in [7, 11) is 1.87. The summed E-state index contributed by atoms with van der Waals surface area (Å²) in [6.45, 7) is 6.87. The van der Waals surface area contributed by atoms with Crippen molar-refractivity contribution in [3.63, 3.8) is 0 Å². The van der Waals surface area contributed by atoms with Crippen molar-refractivity contribution in [2.45, 2.75) is 51.8 Å². The smallest absolute Gasteiger partial charge is 0.407 e. The molecule has 6 rings (SSSR count). The molecule has 2 N–H and O–H groups in total. The van der Waals surface area contributed by atoms with Crippen molar-refractivity contribution in [1.82, 2.24) is 25.4 Å². The summed E-state index contributed by atoms with van der Waals surface area (Å²) in [6, 6.07) is 12.2. The maximum Gasteiger partial charge on any atom is 0.407 e. The second-order valence-electron chi connectivity index (χ2n) is 12.0. The van der Waals surface area contributed by atoms with Gasteiger partial charge in [-0.15, -0.1) is 0 Å². The summed E-state index contributed by atoms with van der Waals surface area (Å²) < 4.78 is 22.1. The van der Waals surface area contributed by atoms with Crippen molar-refractivity contribution < 1.29 is 18.7 Å². The van der Waals surface area contributed by atoms with E-state index in [1.807, 2.05) is 52.1 Å². The Bertz CT molecular complexity index is 1810. The normalized spacial score (nSPS) is 15.3. The standard InChI is InChI=1S/C32H32FN7O3/c1-32(2,3)43-31(42)37-22-9-11-40(12-10-22)29-27-23(17-35-30(27)41)26(18-7-8-25-21(13-18)16-36-39(25)4)28(38-29)19-5-6-20(15-34)24(33)14-19/h5-8,13-14,16,22H,9-12,17H2,1-4H3,(H,35,41)(H,37,42). The lowest BCUT2D eigenvalue weighted by Gasteiger charge is -2.34. The molecule has 11 heteroatoms. The van der Waals surface area contributed by atoms with Crippen LogP contribution in [0.25, 0.3) is 33.3 Å². The number of pyridine rings is 1. The lowest BCUT2D eigenvalue weighted by molar-refractivity contribution is 0.0497. The fourth-order valence-electron chi connectivity index (χ4n) is 5.82. The number of nitriles is 1. The molecule has 0 unspecified atom stereocenters. The number of aryl methyl sites for hydroxylation is 1.